The van der Waals surface area contributed by atoms with Gasteiger partial charge in [-0.1, -0.05) is 6.07 Å². The number of fused-ring (bicyclic) bond motifs is 1. The third-order valence-corrected chi connectivity index (χ3v) is 5.03. The van der Waals surface area contributed by atoms with Crippen molar-refractivity contribution in [2.75, 3.05) is 5.32 Å². The third-order valence-electron chi connectivity index (χ3n) is 3.10. The summed E-state index contributed by atoms with van der Waals surface area (Å²) in [6, 6.07) is 10.4. The Labute approximate surface area is 124 Å². The first kappa shape index (κ1) is 12.6. The molecule has 0 aliphatic carbocycles. The van der Waals surface area contributed by atoms with E-state index in [1.807, 2.05) is 12.3 Å². The highest BCUT2D eigenvalue weighted by atomic mass is 79.9. The van der Waals surface area contributed by atoms with E-state index in [0.717, 1.165) is 17.7 Å². The van der Waals surface area contributed by atoms with Crippen LogP contribution < -0.4 is 5.32 Å². The summed E-state index contributed by atoms with van der Waals surface area (Å²) in [5, 5.41) is 6.77. The number of anilines is 1. The molecule has 0 saturated carbocycles. The highest BCUT2D eigenvalue weighted by Crippen LogP contribution is 2.27. The summed E-state index contributed by atoms with van der Waals surface area (Å²) in [5.74, 6) is 0. The summed E-state index contributed by atoms with van der Waals surface area (Å²) >= 11 is 5.31. The topological polar surface area (TPSA) is 24.9 Å². The van der Waals surface area contributed by atoms with Crippen molar-refractivity contribution in [1.82, 2.24) is 4.98 Å². The van der Waals surface area contributed by atoms with Crippen LogP contribution in [-0.4, -0.2) is 4.98 Å². The molecule has 0 atom stereocenters. The van der Waals surface area contributed by atoms with E-state index in [-0.39, 0.29) is 0 Å². The number of nitrogens with one attached hydrogen (secondary N) is 1. The number of rotatable bonds is 3. The van der Waals surface area contributed by atoms with Crippen LogP contribution in [0, 0.1) is 6.92 Å². The van der Waals surface area contributed by atoms with Gasteiger partial charge in [-0.2, -0.15) is 0 Å². The molecule has 3 rings (SSSR count). The molecule has 2 heterocycles. The smallest absolute Gasteiger partial charge is 0.0751 e. The molecular formula is C15H13BrN2S. The second-order valence-electron chi connectivity index (χ2n) is 4.37. The molecule has 2 nitrogen and oxygen atoms in total. The summed E-state index contributed by atoms with van der Waals surface area (Å²) in [5.41, 5.74) is 3.41. The van der Waals surface area contributed by atoms with E-state index < -0.39 is 0 Å². The van der Waals surface area contributed by atoms with E-state index >= 15 is 0 Å². The maximum absolute atomic E-state index is 4.46. The SMILES string of the molecule is Cc1ccc(NCc2sccc2Br)c2cccnc12. The third kappa shape index (κ3) is 2.51. The molecule has 0 radical (unpaired) electrons. The number of hydrogen-bond acceptors (Lipinski definition) is 3. The Kier molecular flexibility index (Phi) is 3.53. The normalized spacial score (nSPS) is 10.8. The molecule has 4 heteroatoms. The van der Waals surface area contributed by atoms with Gasteiger partial charge in [-0.15, -0.1) is 11.3 Å². The summed E-state index contributed by atoms with van der Waals surface area (Å²) in [6.45, 7) is 2.92. The maximum atomic E-state index is 4.46. The average Bonchev–Trinajstić information content (AvgIpc) is 2.84. The van der Waals surface area contributed by atoms with Gasteiger partial charge in [0.05, 0.1) is 12.1 Å². The largest absolute Gasteiger partial charge is 0.380 e. The molecule has 1 N–H and O–H groups in total. The molecule has 0 aliphatic rings. The van der Waals surface area contributed by atoms with Crippen LogP contribution in [0.2, 0.25) is 0 Å². The lowest BCUT2D eigenvalue weighted by Gasteiger charge is -2.10. The van der Waals surface area contributed by atoms with Crippen molar-refractivity contribution < 1.29 is 0 Å². The molecule has 19 heavy (non-hydrogen) atoms. The van der Waals surface area contributed by atoms with Crippen LogP contribution in [-0.2, 0) is 6.54 Å². The number of aryl methyl sites for hydroxylation is 1. The van der Waals surface area contributed by atoms with Gasteiger partial charge in [-0.3, -0.25) is 4.98 Å². The second-order valence-corrected chi connectivity index (χ2v) is 6.23. The standard InChI is InChI=1S/C15H13BrN2S/c1-10-4-5-13(11-3-2-7-17-15(10)11)18-9-14-12(16)6-8-19-14/h2-8,18H,9H2,1H3. The predicted molar refractivity (Wildman–Crippen MR) is 85.8 cm³/mol. The lowest BCUT2D eigenvalue weighted by Crippen LogP contribution is -1.99. The van der Waals surface area contributed by atoms with Gasteiger partial charge in [-0.25, -0.2) is 0 Å². The van der Waals surface area contributed by atoms with Crippen LogP contribution in [0.15, 0.2) is 46.4 Å². The predicted octanol–water partition coefficient (Wildman–Crippen LogP) is 4.98. The molecule has 2 aromatic heterocycles. The summed E-state index contributed by atoms with van der Waals surface area (Å²) in [6.07, 6.45) is 1.84. The number of hydrogen-bond donors (Lipinski definition) is 1. The Morgan fingerprint density at radius 2 is 2.16 bits per heavy atom. The van der Waals surface area contributed by atoms with Gasteiger partial charge in [0.15, 0.2) is 0 Å². The van der Waals surface area contributed by atoms with E-state index in [0.29, 0.717) is 0 Å². The van der Waals surface area contributed by atoms with Crippen LogP contribution >= 0.6 is 27.3 Å². The van der Waals surface area contributed by atoms with Crippen molar-refractivity contribution in [2.24, 2.45) is 0 Å². The molecule has 3 aromatic rings. The summed E-state index contributed by atoms with van der Waals surface area (Å²) in [7, 11) is 0. The molecule has 0 fully saturated rings. The minimum Gasteiger partial charge on any atom is -0.380 e. The number of aromatic nitrogens is 1. The van der Waals surface area contributed by atoms with Crippen molar-refractivity contribution >= 4 is 43.9 Å². The Morgan fingerprint density at radius 1 is 1.26 bits per heavy atom. The molecule has 0 spiro atoms. The molecule has 0 unspecified atom stereocenters. The molecule has 96 valence electrons. The fraction of sp³-hybridized carbons (Fsp3) is 0.133. The lowest BCUT2D eigenvalue weighted by atomic mass is 10.1. The molecular weight excluding hydrogens is 320 g/mol. The molecule has 0 amide bonds. The number of thiophene rings is 1. The fourth-order valence-electron chi connectivity index (χ4n) is 2.09. The van der Waals surface area contributed by atoms with Crippen molar-refractivity contribution in [3.63, 3.8) is 0 Å². The van der Waals surface area contributed by atoms with Gasteiger partial charge < -0.3 is 5.32 Å². The van der Waals surface area contributed by atoms with Crippen LogP contribution in [0.1, 0.15) is 10.4 Å². The monoisotopic (exact) mass is 332 g/mol. The first-order valence-electron chi connectivity index (χ1n) is 6.06. The highest BCUT2D eigenvalue weighted by molar-refractivity contribution is 9.10. The van der Waals surface area contributed by atoms with Crippen LogP contribution in [0.4, 0.5) is 5.69 Å². The minimum atomic E-state index is 0.825. The van der Waals surface area contributed by atoms with E-state index in [2.05, 4.69) is 62.8 Å². The Bertz CT molecular complexity index is 721. The fourth-order valence-corrected chi connectivity index (χ4v) is 3.53. The van der Waals surface area contributed by atoms with Gasteiger partial charge in [-0.05, 0) is 58.1 Å². The van der Waals surface area contributed by atoms with Gasteiger partial charge in [0.1, 0.15) is 0 Å². The van der Waals surface area contributed by atoms with Crippen LogP contribution in [0.5, 0.6) is 0 Å². The van der Waals surface area contributed by atoms with Gasteiger partial charge in [0, 0.05) is 26.6 Å². The minimum absolute atomic E-state index is 0.825. The van der Waals surface area contributed by atoms with Crippen LogP contribution in [0.3, 0.4) is 0 Å². The number of nitrogens with zero attached hydrogens (tertiary/aromatic N) is 1. The highest BCUT2D eigenvalue weighted by Gasteiger charge is 2.05. The molecule has 1 aromatic carbocycles. The molecule has 0 bridgehead atoms. The first-order valence-corrected chi connectivity index (χ1v) is 7.73. The van der Waals surface area contributed by atoms with Crippen molar-refractivity contribution in [3.8, 4) is 0 Å². The Balaban J connectivity index is 1.93. The second kappa shape index (κ2) is 5.31. The van der Waals surface area contributed by atoms with Crippen molar-refractivity contribution in [1.29, 1.82) is 0 Å². The molecule has 0 saturated heterocycles. The van der Waals surface area contributed by atoms with E-state index in [1.165, 1.54) is 20.3 Å². The van der Waals surface area contributed by atoms with E-state index in [1.54, 1.807) is 11.3 Å². The van der Waals surface area contributed by atoms with Crippen molar-refractivity contribution in [3.05, 3.63) is 56.8 Å². The Morgan fingerprint density at radius 3 is 2.95 bits per heavy atom. The zero-order valence-electron chi connectivity index (χ0n) is 10.5. The van der Waals surface area contributed by atoms with E-state index in [4.69, 9.17) is 0 Å². The lowest BCUT2D eigenvalue weighted by molar-refractivity contribution is 1.19. The molecule has 0 aliphatic heterocycles. The number of benzene rings is 1. The van der Waals surface area contributed by atoms with E-state index in [9.17, 15) is 0 Å². The number of pyridine rings is 1. The average molecular weight is 333 g/mol. The van der Waals surface area contributed by atoms with Gasteiger partial charge >= 0.3 is 0 Å². The summed E-state index contributed by atoms with van der Waals surface area (Å²) < 4.78 is 1.17. The first-order chi connectivity index (χ1) is 9.25. The number of halogens is 1. The zero-order valence-corrected chi connectivity index (χ0v) is 12.9. The van der Waals surface area contributed by atoms with Crippen molar-refractivity contribution in [2.45, 2.75) is 13.5 Å². The van der Waals surface area contributed by atoms with Gasteiger partial charge in [0.2, 0.25) is 0 Å². The summed E-state index contributed by atoms with van der Waals surface area (Å²) in [4.78, 5) is 5.76. The zero-order chi connectivity index (χ0) is 13.2. The Hall–Kier alpha value is -1.39. The van der Waals surface area contributed by atoms with Gasteiger partial charge in [0.25, 0.3) is 0 Å². The van der Waals surface area contributed by atoms with Crippen LogP contribution in [0.25, 0.3) is 10.9 Å². The quantitative estimate of drug-likeness (QED) is 0.731. The maximum Gasteiger partial charge on any atom is 0.0751 e.